The number of benzene rings is 2. The van der Waals surface area contributed by atoms with E-state index >= 15 is 4.39 Å². The minimum absolute atomic E-state index is 0.0396. The molecule has 2 aromatic carbocycles. The Kier molecular flexibility index (Phi) is 6.91. The van der Waals surface area contributed by atoms with Crippen LogP contribution in [0.5, 0.6) is 11.8 Å². The lowest BCUT2D eigenvalue weighted by atomic mass is 9.95. The summed E-state index contributed by atoms with van der Waals surface area (Å²) in [6.45, 7) is 0.356. The van der Waals surface area contributed by atoms with Gasteiger partial charge in [-0.1, -0.05) is 12.0 Å². The number of ether oxygens (including phenoxy) is 1. The first-order valence-electron chi connectivity index (χ1n) is 14.2. The van der Waals surface area contributed by atoms with E-state index in [1.807, 2.05) is 0 Å². The highest BCUT2D eigenvalue weighted by molar-refractivity contribution is 6.03. The maximum atomic E-state index is 16.6. The highest BCUT2D eigenvalue weighted by Gasteiger charge is 2.49. The highest BCUT2D eigenvalue weighted by Crippen LogP contribution is 2.41. The summed E-state index contributed by atoms with van der Waals surface area (Å²) in [5.41, 5.74) is -0.883. The third kappa shape index (κ3) is 4.73. The lowest BCUT2D eigenvalue weighted by molar-refractivity contribution is 0.0818. The van der Waals surface area contributed by atoms with Gasteiger partial charge in [0.1, 0.15) is 59.9 Å². The standard InChI is InChI=1S/C32H25F3N6O4/c1-2-20-23(34)5-4-17-8-19(43)9-21(26(17)20)29-27(35)30-22(11-36-29)28(24-13-40(16-37-24)25(44)14-42)38-31(39-30)45-15-32-6-3-7-41(32)12-18(33)10-32/h1,4-5,8-9,11,13,16,18,42-43H,3,6-7,10,12,14-15H2/t18-,32+/m1/s1. The van der Waals surface area contributed by atoms with E-state index in [2.05, 4.69) is 30.8 Å². The number of terminal acetylenes is 1. The predicted octanol–water partition coefficient (Wildman–Crippen LogP) is 4.26. The number of fused-ring (bicyclic) bond motifs is 3. The molecule has 2 aliphatic rings. The summed E-state index contributed by atoms with van der Waals surface area (Å²) in [4.78, 5) is 31.5. The molecule has 0 amide bonds. The van der Waals surface area contributed by atoms with Gasteiger partial charge in [-0.15, -0.1) is 6.42 Å². The smallest absolute Gasteiger partial charge is 0.317 e. The Labute approximate surface area is 254 Å². The molecule has 5 heterocycles. The number of alkyl halides is 1. The molecule has 0 bridgehead atoms. The van der Waals surface area contributed by atoms with Gasteiger partial charge in [-0.2, -0.15) is 9.97 Å². The van der Waals surface area contributed by atoms with Crippen molar-refractivity contribution in [3.8, 4) is 46.7 Å². The molecule has 10 nitrogen and oxygen atoms in total. The molecule has 2 fully saturated rings. The molecule has 0 unspecified atom stereocenters. The predicted molar refractivity (Wildman–Crippen MR) is 157 cm³/mol. The molecule has 45 heavy (non-hydrogen) atoms. The molecule has 0 saturated carbocycles. The van der Waals surface area contributed by atoms with Crippen LogP contribution >= 0.6 is 0 Å². The van der Waals surface area contributed by atoms with Gasteiger partial charge in [0, 0.05) is 41.7 Å². The van der Waals surface area contributed by atoms with Crippen molar-refractivity contribution in [2.45, 2.75) is 31.0 Å². The molecule has 2 aliphatic heterocycles. The Bertz CT molecular complexity index is 2060. The fourth-order valence-electron chi connectivity index (χ4n) is 6.55. The third-order valence-corrected chi connectivity index (χ3v) is 8.59. The van der Waals surface area contributed by atoms with Crippen LogP contribution in [0, 0.1) is 24.0 Å². The Balaban J connectivity index is 1.41. The molecule has 0 spiro atoms. The first kappa shape index (κ1) is 28.7. The summed E-state index contributed by atoms with van der Waals surface area (Å²) in [6, 6.07) is 4.99. The number of phenolic OH excluding ortho intramolecular Hbond substituents is 1. The summed E-state index contributed by atoms with van der Waals surface area (Å²) in [5, 5.41) is 20.4. The van der Waals surface area contributed by atoms with Crippen LogP contribution < -0.4 is 4.74 Å². The van der Waals surface area contributed by atoms with Crippen LogP contribution in [-0.4, -0.2) is 83.5 Å². The van der Waals surface area contributed by atoms with Gasteiger partial charge in [-0.25, -0.2) is 18.2 Å². The van der Waals surface area contributed by atoms with Crippen LogP contribution in [0.3, 0.4) is 0 Å². The number of pyridine rings is 1. The zero-order chi connectivity index (χ0) is 31.5. The molecule has 2 atom stereocenters. The van der Waals surface area contributed by atoms with E-state index in [-0.39, 0.29) is 62.9 Å². The molecular formula is C32H25F3N6O4. The Morgan fingerprint density at radius 2 is 2.04 bits per heavy atom. The first-order valence-corrected chi connectivity index (χ1v) is 14.2. The lowest BCUT2D eigenvalue weighted by Gasteiger charge is -2.30. The number of nitrogens with zero attached hydrogens (tertiary/aromatic N) is 6. The summed E-state index contributed by atoms with van der Waals surface area (Å²) in [7, 11) is 0. The van der Waals surface area contributed by atoms with Crippen molar-refractivity contribution in [2.75, 3.05) is 26.3 Å². The number of aromatic hydroxyl groups is 1. The number of imidazole rings is 1. The number of aliphatic hydroxyl groups excluding tert-OH is 1. The summed E-state index contributed by atoms with van der Waals surface area (Å²) >= 11 is 0. The van der Waals surface area contributed by atoms with Crippen molar-refractivity contribution in [3.05, 3.63) is 60.2 Å². The van der Waals surface area contributed by atoms with Crippen LogP contribution in [0.15, 0.2) is 43.0 Å². The lowest BCUT2D eigenvalue weighted by Crippen LogP contribution is -2.43. The maximum absolute atomic E-state index is 16.6. The summed E-state index contributed by atoms with van der Waals surface area (Å²) in [6.07, 6.45) is 10.3. The fourth-order valence-corrected chi connectivity index (χ4v) is 6.55. The van der Waals surface area contributed by atoms with Crippen molar-refractivity contribution < 1.29 is 32.9 Å². The maximum Gasteiger partial charge on any atom is 0.317 e. The molecule has 2 N–H and O–H groups in total. The van der Waals surface area contributed by atoms with Gasteiger partial charge in [-0.3, -0.25) is 19.2 Å². The average molecular weight is 615 g/mol. The monoisotopic (exact) mass is 614 g/mol. The fraction of sp³-hybridized carbons (Fsp3) is 0.281. The van der Waals surface area contributed by atoms with E-state index in [1.54, 1.807) is 0 Å². The number of aliphatic hydroxyl groups is 1. The highest BCUT2D eigenvalue weighted by atomic mass is 19.1. The van der Waals surface area contributed by atoms with Crippen LogP contribution in [0.1, 0.15) is 29.6 Å². The zero-order valence-electron chi connectivity index (χ0n) is 23.7. The molecule has 7 rings (SSSR count). The first-order chi connectivity index (χ1) is 21.7. The number of hydrogen-bond donors (Lipinski definition) is 2. The number of rotatable bonds is 6. The Hall–Kier alpha value is -5.06. The van der Waals surface area contributed by atoms with Crippen LogP contribution in [-0.2, 0) is 0 Å². The Morgan fingerprint density at radius 1 is 1.20 bits per heavy atom. The number of hydrogen-bond acceptors (Lipinski definition) is 9. The second kappa shape index (κ2) is 10.8. The Morgan fingerprint density at radius 3 is 2.84 bits per heavy atom. The van der Waals surface area contributed by atoms with Gasteiger partial charge in [0.2, 0.25) is 0 Å². The number of carbonyl (C=O) groups is 1. The van der Waals surface area contributed by atoms with Crippen molar-refractivity contribution in [1.82, 2.24) is 29.4 Å². The van der Waals surface area contributed by atoms with Gasteiger partial charge < -0.3 is 14.9 Å². The normalized spacial score (nSPS) is 19.7. The third-order valence-electron chi connectivity index (χ3n) is 8.59. The number of halogens is 3. The van der Waals surface area contributed by atoms with E-state index < -0.39 is 35.9 Å². The van der Waals surface area contributed by atoms with Crippen molar-refractivity contribution in [3.63, 3.8) is 0 Å². The van der Waals surface area contributed by atoms with Crippen molar-refractivity contribution >= 4 is 27.6 Å². The van der Waals surface area contributed by atoms with E-state index in [1.165, 1.54) is 36.9 Å². The average Bonchev–Trinajstić information content (AvgIpc) is 3.74. The van der Waals surface area contributed by atoms with E-state index in [0.717, 1.165) is 30.0 Å². The molecule has 228 valence electrons. The summed E-state index contributed by atoms with van der Waals surface area (Å²) < 4.78 is 52.9. The van der Waals surface area contributed by atoms with Gasteiger partial charge in [0.05, 0.1) is 11.1 Å². The molecule has 3 aromatic heterocycles. The number of aromatic nitrogens is 5. The van der Waals surface area contributed by atoms with E-state index in [9.17, 15) is 23.8 Å². The van der Waals surface area contributed by atoms with Gasteiger partial charge in [0.25, 0.3) is 5.91 Å². The molecule has 0 aliphatic carbocycles. The van der Waals surface area contributed by atoms with Crippen LogP contribution in [0.25, 0.3) is 44.3 Å². The molecule has 5 aromatic rings. The van der Waals surface area contributed by atoms with Gasteiger partial charge >= 0.3 is 6.01 Å². The van der Waals surface area contributed by atoms with Crippen LogP contribution in [0.4, 0.5) is 13.2 Å². The minimum Gasteiger partial charge on any atom is -0.508 e. The molecular weight excluding hydrogens is 589 g/mol. The second-order valence-electron chi connectivity index (χ2n) is 11.3. The number of carbonyl (C=O) groups excluding carboxylic acids is 1. The second-order valence-corrected chi connectivity index (χ2v) is 11.3. The molecule has 0 radical (unpaired) electrons. The minimum atomic E-state index is -0.990. The largest absolute Gasteiger partial charge is 0.508 e. The van der Waals surface area contributed by atoms with Crippen molar-refractivity contribution in [1.29, 1.82) is 0 Å². The molecule has 13 heteroatoms. The van der Waals surface area contributed by atoms with E-state index in [0.29, 0.717) is 18.4 Å². The number of phenols is 1. The topological polar surface area (TPSA) is 126 Å². The van der Waals surface area contributed by atoms with Gasteiger partial charge in [0.15, 0.2) is 5.82 Å². The SMILES string of the molecule is C#Cc1c(F)ccc2cc(O)cc(-c3ncc4c(-c5cn(C(=O)CO)cn5)nc(OC[C@@]56CCCN5C[C@H](F)C6)nc4c3F)c12. The van der Waals surface area contributed by atoms with E-state index in [4.69, 9.17) is 11.2 Å². The van der Waals surface area contributed by atoms with Crippen LogP contribution in [0.2, 0.25) is 0 Å². The summed E-state index contributed by atoms with van der Waals surface area (Å²) in [5.74, 6) is -0.196. The quantitative estimate of drug-likeness (QED) is 0.270. The zero-order valence-corrected chi connectivity index (χ0v) is 23.7. The molecule has 2 saturated heterocycles. The van der Waals surface area contributed by atoms with Gasteiger partial charge in [-0.05, 0) is 43.0 Å². The van der Waals surface area contributed by atoms with Crippen molar-refractivity contribution in [2.24, 2.45) is 0 Å².